The fourth-order valence-electron chi connectivity index (χ4n) is 0.810. The van der Waals surface area contributed by atoms with E-state index < -0.39 is 0 Å². The molecule has 13 heavy (non-hydrogen) atoms. The third-order valence-electron chi connectivity index (χ3n) is 1.34. The number of carbonyl (C=O) groups excluding carboxylic acids is 1. The summed E-state index contributed by atoms with van der Waals surface area (Å²) in [6.45, 7) is 2.84. The maximum atomic E-state index is 11.1. The van der Waals surface area contributed by atoms with Gasteiger partial charge in [0.05, 0.1) is 6.54 Å². The van der Waals surface area contributed by atoms with E-state index in [-0.39, 0.29) is 11.7 Å². The van der Waals surface area contributed by atoms with Crippen molar-refractivity contribution in [3.63, 3.8) is 0 Å². The zero-order valence-electron chi connectivity index (χ0n) is 7.63. The van der Waals surface area contributed by atoms with Crippen LogP contribution in [0.5, 0.6) is 0 Å². The molecule has 6 heteroatoms. The quantitative estimate of drug-likeness (QED) is 0.661. The van der Waals surface area contributed by atoms with Gasteiger partial charge in [-0.15, -0.1) is 0 Å². The Hall–Kier alpha value is -1.43. The van der Waals surface area contributed by atoms with Gasteiger partial charge < -0.3 is 15.2 Å². The van der Waals surface area contributed by atoms with Gasteiger partial charge in [-0.3, -0.25) is 4.79 Å². The van der Waals surface area contributed by atoms with Crippen LogP contribution < -0.4 is 10.6 Å². The van der Waals surface area contributed by atoms with Crippen molar-refractivity contribution in [2.24, 2.45) is 0 Å². The molecule has 0 atom stereocenters. The minimum Gasteiger partial charge on any atom is -0.349 e. The van der Waals surface area contributed by atoms with Crippen LogP contribution in [0.2, 0.25) is 0 Å². The molecule has 0 aromatic carbocycles. The van der Waals surface area contributed by atoms with Gasteiger partial charge in [0.15, 0.2) is 0 Å². The van der Waals surface area contributed by atoms with Crippen LogP contribution in [0.15, 0.2) is 4.52 Å². The summed E-state index contributed by atoms with van der Waals surface area (Å²) in [7, 11) is 1.76. The summed E-state index contributed by atoms with van der Waals surface area (Å²) in [6.07, 6.45) is 0. The molecule has 0 aliphatic carbocycles. The highest BCUT2D eigenvalue weighted by atomic mass is 16.5. The van der Waals surface area contributed by atoms with E-state index >= 15 is 0 Å². The van der Waals surface area contributed by atoms with Crippen LogP contribution in [0.3, 0.4) is 0 Å². The first-order valence-electron chi connectivity index (χ1n) is 4.03. The zero-order chi connectivity index (χ0) is 9.68. The lowest BCUT2D eigenvalue weighted by atomic mass is 10.5. The minimum absolute atomic E-state index is 0.0760. The third kappa shape index (κ3) is 2.51. The third-order valence-corrected chi connectivity index (χ3v) is 1.34. The largest absolute Gasteiger partial charge is 0.349 e. The number of amides is 1. The Kier molecular flexibility index (Phi) is 3.39. The molecule has 2 N–H and O–H groups in total. The van der Waals surface area contributed by atoms with Crippen LogP contribution in [-0.4, -0.2) is 29.6 Å². The average Bonchev–Trinajstić information content (AvgIpc) is 2.54. The van der Waals surface area contributed by atoms with Crippen LogP contribution in [-0.2, 0) is 6.54 Å². The molecule has 72 valence electrons. The summed E-state index contributed by atoms with van der Waals surface area (Å²) in [5.41, 5.74) is 0. The Morgan fingerprint density at radius 3 is 3.00 bits per heavy atom. The molecule has 0 radical (unpaired) electrons. The lowest BCUT2D eigenvalue weighted by Crippen LogP contribution is -2.23. The average molecular weight is 184 g/mol. The highest BCUT2D eigenvalue weighted by molar-refractivity contribution is 5.90. The van der Waals surface area contributed by atoms with E-state index in [9.17, 15) is 4.79 Å². The van der Waals surface area contributed by atoms with Crippen LogP contribution >= 0.6 is 0 Å². The fourth-order valence-corrected chi connectivity index (χ4v) is 0.810. The van der Waals surface area contributed by atoms with Gasteiger partial charge in [-0.25, -0.2) is 0 Å². The van der Waals surface area contributed by atoms with Gasteiger partial charge in [0, 0.05) is 6.54 Å². The Bertz CT molecular complexity index is 284. The van der Waals surface area contributed by atoms with Crippen LogP contribution in [0.1, 0.15) is 23.4 Å². The van der Waals surface area contributed by atoms with Crippen LogP contribution in [0.25, 0.3) is 0 Å². The smallest absolute Gasteiger partial charge is 0.292 e. The molecule has 0 fully saturated rings. The van der Waals surface area contributed by atoms with Crippen LogP contribution in [0.4, 0.5) is 0 Å². The molecule has 0 aliphatic heterocycles. The maximum absolute atomic E-state index is 11.1. The summed E-state index contributed by atoms with van der Waals surface area (Å²) in [5, 5.41) is 8.93. The van der Waals surface area contributed by atoms with Crippen molar-refractivity contribution in [3.05, 3.63) is 11.7 Å². The van der Waals surface area contributed by atoms with Gasteiger partial charge in [-0.05, 0) is 14.0 Å². The molecule has 1 aromatic rings. The van der Waals surface area contributed by atoms with Crippen molar-refractivity contribution in [2.45, 2.75) is 13.5 Å². The predicted octanol–water partition coefficient (Wildman–Crippen LogP) is -0.461. The number of rotatable bonds is 4. The van der Waals surface area contributed by atoms with Crippen molar-refractivity contribution in [3.8, 4) is 0 Å². The molecule has 0 saturated heterocycles. The van der Waals surface area contributed by atoms with Gasteiger partial charge >= 0.3 is 0 Å². The van der Waals surface area contributed by atoms with E-state index in [2.05, 4.69) is 20.8 Å². The number of aromatic nitrogens is 2. The van der Waals surface area contributed by atoms with Crippen molar-refractivity contribution < 1.29 is 9.32 Å². The summed E-state index contributed by atoms with van der Waals surface area (Å²) in [6, 6.07) is 0. The summed E-state index contributed by atoms with van der Waals surface area (Å²) in [4.78, 5) is 15.0. The van der Waals surface area contributed by atoms with E-state index in [0.29, 0.717) is 19.0 Å². The van der Waals surface area contributed by atoms with Gasteiger partial charge in [0.1, 0.15) is 0 Å². The van der Waals surface area contributed by atoms with Crippen molar-refractivity contribution >= 4 is 5.91 Å². The zero-order valence-corrected chi connectivity index (χ0v) is 7.63. The molecule has 1 heterocycles. The van der Waals surface area contributed by atoms with E-state index in [0.717, 1.165) is 0 Å². The highest BCUT2D eigenvalue weighted by Crippen LogP contribution is 1.95. The first-order chi connectivity index (χ1) is 6.27. The molecule has 1 rings (SSSR count). The monoisotopic (exact) mass is 184 g/mol. The first kappa shape index (κ1) is 9.66. The van der Waals surface area contributed by atoms with Gasteiger partial charge in [-0.2, -0.15) is 4.98 Å². The standard InChI is InChI=1S/C7H12N4O2/c1-3-9-7(12)6-10-5(4-8-2)13-11-6/h8H,3-4H2,1-2H3,(H,9,12). The number of nitrogens with one attached hydrogen (secondary N) is 2. The molecular weight excluding hydrogens is 172 g/mol. The van der Waals surface area contributed by atoms with Crippen molar-refractivity contribution in [1.29, 1.82) is 0 Å². The maximum Gasteiger partial charge on any atom is 0.292 e. The number of hydrogen-bond donors (Lipinski definition) is 2. The molecule has 0 aliphatic rings. The summed E-state index contributed by atoms with van der Waals surface area (Å²) in [5.74, 6) is 0.171. The lowest BCUT2D eigenvalue weighted by molar-refractivity contribution is 0.0942. The highest BCUT2D eigenvalue weighted by Gasteiger charge is 2.12. The Morgan fingerprint density at radius 2 is 2.38 bits per heavy atom. The van der Waals surface area contributed by atoms with Crippen molar-refractivity contribution in [1.82, 2.24) is 20.8 Å². The Morgan fingerprint density at radius 1 is 1.62 bits per heavy atom. The summed E-state index contributed by atoms with van der Waals surface area (Å²) < 4.78 is 4.79. The van der Waals surface area contributed by atoms with E-state index in [1.807, 2.05) is 6.92 Å². The number of nitrogens with zero attached hydrogens (tertiary/aromatic N) is 2. The van der Waals surface area contributed by atoms with E-state index in [1.54, 1.807) is 7.05 Å². The Balaban J connectivity index is 2.62. The SMILES string of the molecule is CCNC(=O)c1noc(CNC)n1. The second-order valence-electron chi connectivity index (χ2n) is 2.40. The number of carbonyl (C=O) groups is 1. The molecule has 0 unspecified atom stereocenters. The molecule has 6 nitrogen and oxygen atoms in total. The molecule has 1 amide bonds. The van der Waals surface area contributed by atoms with Crippen LogP contribution in [0, 0.1) is 0 Å². The lowest BCUT2D eigenvalue weighted by Gasteiger charge is -1.93. The number of hydrogen-bond acceptors (Lipinski definition) is 5. The first-order valence-corrected chi connectivity index (χ1v) is 4.03. The van der Waals surface area contributed by atoms with Gasteiger partial charge in [-0.1, -0.05) is 5.16 Å². The topological polar surface area (TPSA) is 80.0 Å². The molecular formula is C7H12N4O2. The van der Waals surface area contributed by atoms with Gasteiger partial charge in [0.25, 0.3) is 11.7 Å². The second-order valence-corrected chi connectivity index (χ2v) is 2.40. The predicted molar refractivity (Wildman–Crippen MR) is 45.1 cm³/mol. The minimum atomic E-state index is -0.311. The molecule has 0 spiro atoms. The van der Waals surface area contributed by atoms with Gasteiger partial charge in [0.2, 0.25) is 5.89 Å². The van der Waals surface area contributed by atoms with E-state index in [1.165, 1.54) is 0 Å². The molecule has 0 bridgehead atoms. The Labute approximate surface area is 75.7 Å². The van der Waals surface area contributed by atoms with E-state index in [4.69, 9.17) is 4.52 Å². The fraction of sp³-hybridized carbons (Fsp3) is 0.571. The normalized spacial score (nSPS) is 10.0. The van der Waals surface area contributed by atoms with Crippen molar-refractivity contribution in [2.75, 3.05) is 13.6 Å². The molecule has 1 aromatic heterocycles. The molecule has 0 saturated carbocycles. The second kappa shape index (κ2) is 4.56. The summed E-state index contributed by atoms with van der Waals surface area (Å²) >= 11 is 0.